The fraction of sp³-hybridized carbons (Fsp3) is 0.0667. The van der Waals surface area contributed by atoms with Gasteiger partial charge in [0.2, 0.25) is 0 Å². The monoisotopic (exact) mass is 348 g/mol. The molecule has 0 aromatic heterocycles. The zero-order chi connectivity index (χ0) is 15.4. The van der Waals surface area contributed by atoms with E-state index in [1.807, 2.05) is 25.1 Å². The molecule has 0 bridgehead atoms. The molecule has 0 radical (unpaired) electrons. The van der Waals surface area contributed by atoms with Crippen LogP contribution in [-0.2, 0) is 0 Å². The minimum absolute atomic E-state index is 0.0174. The van der Waals surface area contributed by atoms with Gasteiger partial charge in [0, 0.05) is 10.2 Å². The molecule has 0 aliphatic carbocycles. The van der Waals surface area contributed by atoms with Gasteiger partial charge in [0.05, 0.1) is 11.3 Å². The maximum atomic E-state index is 12.0. The minimum Gasteiger partial charge on any atom is -0.478 e. The fourth-order valence-corrected chi connectivity index (χ4v) is 2.29. The van der Waals surface area contributed by atoms with Crippen LogP contribution in [0.5, 0.6) is 0 Å². The lowest BCUT2D eigenvalue weighted by Crippen LogP contribution is -2.21. The van der Waals surface area contributed by atoms with Crippen molar-refractivity contribution in [2.75, 3.05) is 10.6 Å². The Labute approximate surface area is 130 Å². The number of nitrogens with one attached hydrogen (secondary N) is 2. The molecular formula is C15H13BrN2O3. The SMILES string of the molecule is Cc1cccc(NC(=O)Nc2c(Br)cccc2C(=O)O)c1. The number of carboxylic acid groups (broad SMARTS) is 1. The van der Waals surface area contributed by atoms with Crippen molar-refractivity contribution < 1.29 is 14.7 Å². The highest BCUT2D eigenvalue weighted by Crippen LogP contribution is 2.26. The number of aryl methyl sites for hydroxylation is 1. The molecule has 0 fully saturated rings. The van der Waals surface area contributed by atoms with Crippen molar-refractivity contribution in [3.05, 3.63) is 58.1 Å². The maximum Gasteiger partial charge on any atom is 0.337 e. The third kappa shape index (κ3) is 3.82. The number of amides is 2. The van der Waals surface area contributed by atoms with Crippen molar-refractivity contribution in [1.29, 1.82) is 0 Å². The van der Waals surface area contributed by atoms with Crippen LogP contribution in [0, 0.1) is 6.92 Å². The molecule has 0 aliphatic rings. The Balaban J connectivity index is 2.18. The van der Waals surface area contributed by atoms with Gasteiger partial charge in [0.1, 0.15) is 0 Å². The molecular weight excluding hydrogens is 336 g/mol. The fourth-order valence-electron chi connectivity index (χ4n) is 1.83. The van der Waals surface area contributed by atoms with E-state index in [2.05, 4.69) is 26.6 Å². The molecule has 3 N–H and O–H groups in total. The lowest BCUT2D eigenvalue weighted by molar-refractivity contribution is 0.0698. The van der Waals surface area contributed by atoms with Gasteiger partial charge in [-0.1, -0.05) is 18.2 Å². The molecule has 0 saturated heterocycles. The standard InChI is InChI=1S/C15H13BrN2O3/c1-9-4-2-5-10(8-9)17-15(21)18-13-11(14(19)20)6-3-7-12(13)16/h2-8H,1H3,(H,19,20)(H2,17,18,21). The quantitative estimate of drug-likeness (QED) is 0.781. The Hall–Kier alpha value is -2.34. The van der Waals surface area contributed by atoms with Crippen molar-refractivity contribution in [1.82, 2.24) is 0 Å². The second-order valence-electron chi connectivity index (χ2n) is 4.42. The number of aromatic carboxylic acids is 1. The van der Waals surface area contributed by atoms with Crippen LogP contribution in [0.2, 0.25) is 0 Å². The van der Waals surface area contributed by atoms with Gasteiger partial charge < -0.3 is 15.7 Å². The highest BCUT2D eigenvalue weighted by Gasteiger charge is 2.15. The van der Waals surface area contributed by atoms with Crippen LogP contribution in [0.4, 0.5) is 16.2 Å². The smallest absolute Gasteiger partial charge is 0.337 e. The van der Waals surface area contributed by atoms with Gasteiger partial charge in [-0.25, -0.2) is 9.59 Å². The number of rotatable bonds is 3. The van der Waals surface area contributed by atoms with Crippen LogP contribution < -0.4 is 10.6 Å². The largest absolute Gasteiger partial charge is 0.478 e. The normalized spacial score (nSPS) is 10.0. The van der Waals surface area contributed by atoms with Gasteiger partial charge in [0.25, 0.3) is 0 Å². The molecule has 0 heterocycles. The number of hydrogen-bond donors (Lipinski definition) is 3. The van der Waals surface area contributed by atoms with E-state index in [1.54, 1.807) is 18.2 Å². The van der Waals surface area contributed by atoms with Gasteiger partial charge in [-0.3, -0.25) is 0 Å². The molecule has 0 atom stereocenters. The first-order valence-electron chi connectivity index (χ1n) is 6.14. The zero-order valence-corrected chi connectivity index (χ0v) is 12.8. The average molecular weight is 349 g/mol. The van der Waals surface area contributed by atoms with Gasteiger partial charge in [0.15, 0.2) is 0 Å². The number of urea groups is 1. The molecule has 108 valence electrons. The Morgan fingerprint density at radius 2 is 1.81 bits per heavy atom. The van der Waals surface area contributed by atoms with Crippen molar-refractivity contribution >= 4 is 39.3 Å². The first kappa shape index (κ1) is 15.1. The molecule has 0 aliphatic heterocycles. The molecule has 0 unspecified atom stereocenters. The molecule has 5 nitrogen and oxygen atoms in total. The molecule has 6 heteroatoms. The molecule has 2 amide bonds. The summed E-state index contributed by atoms with van der Waals surface area (Å²) in [5, 5.41) is 14.3. The van der Waals surface area contributed by atoms with Gasteiger partial charge in [-0.05, 0) is 52.7 Å². The topological polar surface area (TPSA) is 78.4 Å². The lowest BCUT2D eigenvalue weighted by atomic mass is 10.2. The third-order valence-electron chi connectivity index (χ3n) is 2.76. The molecule has 2 aromatic carbocycles. The summed E-state index contributed by atoms with van der Waals surface area (Å²) in [7, 11) is 0. The van der Waals surface area contributed by atoms with E-state index in [-0.39, 0.29) is 11.3 Å². The van der Waals surface area contributed by atoms with E-state index in [0.29, 0.717) is 10.2 Å². The molecule has 0 saturated carbocycles. The van der Waals surface area contributed by atoms with Crippen molar-refractivity contribution in [2.45, 2.75) is 6.92 Å². The molecule has 21 heavy (non-hydrogen) atoms. The zero-order valence-electron chi connectivity index (χ0n) is 11.2. The van der Waals surface area contributed by atoms with Crippen molar-refractivity contribution in [2.24, 2.45) is 0 Å². The van der Waals surface area contributed by atoms with E-state index < -0.39 is 12.0 Å². The number of para-hydroxylation sites is 1. The predicted octanol–water partition coefficient (Wildman–Crippen LogP) is 4.10. The number of halogens is 1. The van der Waals surface area contributed by atoms with E-state index in [0.717, 1.165) is 5.56 Å². The van der Waals surface area contributed by atoms with E-state index >= 15 is 0 Å². The second-order valence-corrected chi connectivity index (χ2v) is 5.27. The highest BCUT2D eigenvalue weighted by atomic mass is 79.9. The van der Waals surface area contributed by atoms with Gasteiger partial charge >= 0.3 is 12.0 Å². The lowest BCUT2D eigenvalue weighted by Gasteiger charge is -2.12. The van der Waals surface area contributed by atoms with Crippen LogP contribution in [0.1, 0.15) is 15.9 Å². The van der Waals surface area contributed by atoms with E-state index in [1.165, 1.54) is 6.07 Å². The number of hydrogen-bond acceptors (Lipinski definition) is 2. The minimum atomic E-state index is -1.11. The van der Waals surface area contributed by atoms with E-state index in [4.69, 9.17) is 5.11 Å². The number of carbonyl (C=O) groups is 2. The van der Waals surface area contributed by atoms with Crippen LogP contribution in [-0.4, -0.2) is 17.1 Å². The second kappa shape index (κ2) is 6.41. The number of carboxylic acids is 1. The maximum absolute atomic E-state index is 12.0. The van der Waals surface area contributed by atoms with Crippen molar-refractivity contribution in [3.63, 3.8) is 0 Å². The van der Waals surface area contributed by atoms with Gasteiger partial charge in [-0.2, -0.15) is 0 Å². The Morgan fingerprint density at radius 1 is 1.10 bits per heavy atom. The first-order chi connectivity index (χ1) is 9.97. The van der Waals surface area contributed by atoms with E-state index in [9.17, 15) is 9.59 Å². The Kier molecular flexibility index (Phi) is 4.59. The molecule has 2 rings (SSSR count). The first-order valence-corrected chi connectivity index (χ1v) is 6.93. The summed E-state index contributed by atoms with van der Waals surface area (Å²) in [6.45, 7) is 1.92. The summed E-state index contributed by atoms with van der Waals surface area (Å²) < 4.78 is 0.502. The summed E-state index contributed by atoms with van der Waals surface area (Å²) in [6, 6.07) is 11.5. The van der Waals surface area contributed by atoms with Crippen LogP contribution >= 0.6 is 15.9 Å². The Morgan fingerprint density at radius 3 is 2.48 bits per heavy atom. The summed E-state index contributed by atoms with van der Waals surface area (Å²) in [6.07, 6.45) is 0. The number of anilines is 2. The Bertz CT molecular complexity index is 701. The van der Waals surface area contributed by atoms with Crippen LogP contribution in [0.15, 0.2) is 46.9 Å². The van der Waals surface area contributed by atoms with Gasteiger partial charge in [-0.15, -0.1) is 0 Å². The van der Waals surface area contributed by atoms with Crippen LogP contribution in [0.25, 0.3) is 0 Å². The van der Waals surface area contributed by atoms with Crippen LogP contribution in [0.3, 0.4) is 0 Å². The number of benzene rings is 2. The average Bonchev–Trinajstić information content (AvgIpc) is 2.40. The summed E-state index contributed by atoms with van der Waals surface area (Å²) in [5.74, 6) is -1.11. The summed E-state index contributed by atoms with van der Waals surface area (Å²) >= 11 is 3.24. The van der Waals surface area contributed by atoms with Crippen molar-refractivity contribution in [3.8, 4) is 0 Å². The number of carbonyl (C=O) groups excluding carboxylic acids is 1. The summed E-state index contributed by atoms with van der Waals surface area (Å²) in [4.78, 5) is 23.2. The highest BCUT2D eigenvalue weighted by molar-refractivity contribution is 9.10. The summed E-state index contributed by atoms with van der Waals surface area (Å²) in [5.41, 5.74) is 1.88. The molecule has 2 aromatic rings. The third-order valence-corrected chi connectivity index (χ3v) is 3.42. The predicted molar refractivity (Wildman–Crippen MR) is 84.9 cm³/mol. The molecule has 0 spiro atoms.